The Morgan fingerprint density at radius 1 is 1.32 bits per heavy atom. The molecule has 4 nitrogen and oxygen atoms in total. The van der Waals surface area contributed by atoms with Gasteiger partial charge < -0.3 is 4.74 Å². The zero-order valence-electron chi connectivity index (χ0n) is 12.1. The van der Waals surface area contributed by atoms with E-state index in [1.54, 1.807) is 10.9 Å². The first-order valence-corrected chi connectivity index (χ1v) is 8.34. The van der Waals surface area contributed by atoms with Gasteiger partial charge in [0.25, 0.3) is 5.56 Å². The lowest BCUT2D eigenvalue weighted by atomic mass is 10.1. The van der Waals surface area contributed by atoms with Crippen LogP contribution in [0.1, 0.15) is 12.8 Å². The quantitative estimate of drug-likeness (QED) is 0.745. The van der Waals surface area contributed by atoms with Gasteiger partial charge in [0.15, 0.2) is 0 Å². The fourth-order valence-corrected chi connectivity index (χ4v) is 3.88. The van der Waals surface area contributed by atoms with Crippen molar-refractivity contribution in [1.82, 2.24) is 9.55 Å². The summed E-state index contributed by atoms with van der Waals surface area (Å²) in [4.78, 5) is 17.2. The molecule has 1 saturated heterocycles. The lowest BCUT2D eigenvalue weighted by Gasteiger charge is -2.11. The van der Waals surface area contributed by atoms with Gasteiger partial charge in [0.05, 0.1) is 24.5 Å². The standard InChI is InChI=1S/C17H16N2O2S/c20-17-16-15(14(10-22-16)12-5-2-1-3-6-12)18-11-19(17)9-13-7-4-8-21-13/h1-3,5-6,10-11,13H,4,7-9H2. The van der Waals surface area contributed by atoms with Crippen LogP contribution < -0.4 is 5.56 Å². The van der Waals surface area contributed by atoms with E-state index in [4.69, 9.17) is 4.74 Å². The zero-order chi connectivity index (χ0) is 14.9. The molecule has 3 heterocycles. The molecule has 4 rings (SSSR count). The van der Waals surface area contributed by atoms with Gasteiger partial charge in [-0.05, 0) is 18.4 Å². The minimum atomic E-state index is 0.0349. The molecule has 2 aromatic heterocycles. The van der Waals surface area contributed by atoms with Crippen molar-refractivity contribution in [2.45, 2.75) is 25.5 Å². The van der Waals surface area contributed by atoms with E-state index in [0.717, 1.165) is 40.8 Å². The summed E-state index contributed by atoms with van der Waals surface area (Å²) in [5.41, 5.74) is 2.96. The van der Waals surface area contributed by atoms with Crippen molar-refractivity contribution >= 4 is 21.6 Å². The molecule has 0 spiro atoms. The predicted octanol–water partition coefficient (Wildman–Crippen LogP) is 3.30. The number of nitrogens with zero attached hydrogens (tertiary/aromatic N) is 2. The Morgan fingerprint density at radius 2 is 2.18 bits per heavy atom. The van der Waals surface area contributed by atoms with E-state index in [-0.39, 0.29) is 11.7 Å². The van der Waals surface area contributed by atoms with Gasteiger partial charge in [-0.25, -0.2) is 4.98 Å². The molecular weight excluding hydrogens is 296 g/mol. The number of thiophene rings is 1. The van der Waals surface area contributed by atoms with E-state index in [2.05, 4.69) is 4.98 Å². The van der Waals surface area contributed by atoms with Crippen molar-refractivity contribution < 1.29 is 4.74 Å². The molecule has 1 aliphatic heterocycles. The van der Waals surface area contributed by atoms with Gasteiger partial charge in [0, 0.05) is 17.6 Å². The number of benzene rings is 1. The molecule has 1 aliphatic rings. The first kappa shape index (κ1) is 13.7. The summed E-state index contributed by atoms with van der Waals surface area (Å²) in [7, 11) is 0. The summed E-state index contributed by atoms with van der Waals surface area (Å²) < 4.78 is 8.02. The minimum absolute atomic E-state index is 0.0349. The molecule has 0 saturated carbocycles. The van der Waals surface area contributed by atoms with Gasteiger partial charge in [-0.2, -0.15) is 0 Å². The van der Waals surface area contributed by atoms with Crippen molar-refractivity contribution in [3.63, 3.8) is 0 Å². The van der Waals surface area contributed by atoms with Crippen LogP contribution in [0, 0.1) is 0 Å². The maximum atomic E-state index is 12.6. The number of aromatic nitrogens is 2. The summed E-state index contributed by atoms with van der Waals surface area (Å²) in [6.45, 7) is 1.40. The average molecular weight is 312 g/mol. The molecule has 22 heavy (non-hydrogen) atoms. The molecule has 1 atom stereocenters. The van der Waals surface area contributed by atoms with Crippen LogP contribution in [0.5, 0.6) is 0 Å². The Kier molecular flexibility index (Phi) is 3.52. The molecule has 0 N–H and O–H groups in total. The number of hydrogen-bond donors (Lipinski definition) is 0. The van der Waals surface area contributed by atoms with Gasteiger partial charge in [-0.15, -0.1) is 11.3 Å². The molecular formula is C17H16N2O2S. The molecule has 0 aliphatic carbocycles. The average Bonchev–Trinajstić information content (AvgIpc) is 3.21. The van der Waals surface area contributed by atoms with Gasteiger partial charge >= 0.3 is 0 Å². The monoisotopic (exact) mass is 312 g/mol. The Labute approximate surface area is 132 Å². The van der Waals surface area contributed by atoms with E-state index in [0.29, 0.717) is 6.54 Å². The van der Waals surface area contributed by atoms with Crippen LogP contribution in [0.2, 0.25) is 0 Å². The fourth-order valence-electron chi connectivity index (χ4n) is 2.90. The predicted molar refractivity (Wildman–Crippen MR) is 88.3 cm³/mol. The van der Waals surface area contributed by atoms with Crippen molar-refractivity contribution in [2.24, 2.45) is 0 Å². The Hall–Kier alpha value is -1.98. The van der Waals surface area contributed by atoms with E-state index >= 15 is 0 Å². The summed E-state index contributed by atoms with van der Waals surface area (Å²) >= 11 is 1.47. The SMILES string of the molecule is O=c1c2scc(-c3ccccc3)c2ncn1CC1CCCO1. The summed E-state index contributed by atoms with van der Waals surface area (Å²) in [5, 5.41) is 2.02. The normalized spacial score (nSPS) is 18.1. The highest BCUT2D eigenvalue weighted by Gasteiger charge is 2.18. The van der Waals surface area contributed by atoms with Crippen LogP contribution >= 0.6 is 11.3 Å². The number of ether oxygens (including phenoxy) is 1. The molecule has 1 unspecified atom stereocenters. The molecule has 0 amide bonds. The summed E-state index contributed by atoms with van der Waals surface area (Å²) in [6.07, 6.45) is 3.90. The lowest BCUT2D eigenvalue weighted by Crippen LogP contribution is -2.26. The molecule has 1 aromatic carbocycles. The highest BCUT2D eigenvalue weighted by Crippen LogP contribution is 2.30. The smallest absolute Gasteiger partial charge is 0.271 e. The van der Waals surface area contributed by atoms with Gasteiger partial charge in [-0.3, -0.25) is 9.36 Å². The van der Waals surface area contributed by atoms with Crippen molar-refractivity contribution in [3.05, 3.63) is 52.4 Å². The maximum absolute atomic E-state index is 12.6. The third-order valence-electron chi connectivity index (χ3n) is 4.06. The first-order valence-electron chi connectivity index (χ1n) is 7.46. The Morgan fingerprint density at radius 3 is 2.95 bits per heavy atom. The largest absolute Gasteiger partial charge is 0.376 e. The molecule has 0 radical (unpaired) electrons. The van der Waals surface area contributed by atoms with E-state index in [1.807, 2.05) is 35.7 Å². The van der Waals surface area contributed by atoms with Crippen LogP contribution in [0.4, 0.5) is 0 Å². The van der Waals surface area contributed by atoms with E-state index in [9.17, 15) is 4.79 Å². The topological polar surface area (TPSA) is 44.1 Å². The van der Waals surface area contributed by atoms with Crippen molar-refractivity contribution in [1.29, 1.82) is 0 Å². The molecule has 1 fully saturated rings. The molecule has 0 bridgehead atoms. The Bertz CT molecular complexity index is 848. The van der Waals surface area contributed by atoms with Crippen LogP contribution in [-0.2, 0) is 11.3 Å². The van der Waals surface area contributed by atoms with Crippen molar-refractivity contribution in [2.75, 3.05) is 6.61 Å². The number of hydrogen-bond acceptors (Lipinski definition) is 4. The van der Waals surface area contributed by atoms with E-state index < -0.39 is 0 Å². The van der Waals surface area contributed by atoms with Crippen molar-refractivity contribution in [3.8, 4) is 11.1 Å². The second kappa shape index (κ2) is 5.66. The second-order valence-electron chi connectivity index (χ2n) is 5.53. The summed E-state index contributed by atoms with van der Waals surface area (Å²) in [6, 6.07) is 10.1. The van der Waals surface area contributed by atoms with Crippen LogP contribution in [-0.4, -0.2) is 22.3 Å². The van der Waals surface area contributed by atoms with Crippen LogP contribution in [0.25, 0.3) is 21.3 Å². The lowest BCUT2D eigenvalue weighted by molar-refractivity contribution is 0.0960. The van der Waals surface area contributed by atoms with Gasteiger partial charge in [0.2, 0.25) is 0 Å². The highest BCUT2D eigenvalue weighted by atomic mass is 32.1. The zero-order valence-corrected chi connectivity index (χ0v) is 12.9. The third-order valence-corrected chi connectivity index (χ3v) is 5.01. The van der Waals surface area contributed by atoms with Crippen LogP contribution in [0.3, 0.4) is 0 Å². The highest BCUT2D eigenvalue weighted by molar-refractivity contribution is 7.17. The summed E-state index contributed by atoms with van der Waals surface area (Å²) in [5.74, 6) is 0. The molecule has 3 aromatic rings. The van der Waals surface area contributed by atoms with Gasteiger partial charge in [0.1, 0.15) is 4.70 Å². The fraction of sp³-hybridized carbons (Fsp3) is 0.294. The first-order chi connectivity index (χ1) is 10.8. The molecule has 112 valence electrons. The third kappa shape index (κ3) is 2.36. The van der Waals surface area contributed by atoms with Gasteiger partial charge in [-0.1, -0.05) is 30.3 Å². The van der Waals surface area contributed by atoms with Crippen LogP contribution in [0.15, 0.2) is 46.8 Å². The molecule has 5 heteroatoms. The second-order valence-corrected chi connectivity index (χ2v) is 6.41. The number of rotatable bonds is 3. The Balaban J connectivity index is 1.76. The number of fused-ring (bicyclic) bond motifs is 1. The maximum Gasteiger partial charge on any atom is 0.271 e. The minimum Gasteiger partial charge on any atom is -0.376 e. The van der Waals surface area contributed by atoms with E-state index in [1.165, 1.54) is 11.3 Å².